The van der Waals surface area contributed by atoms with Crippen molar-refractivity contribution in [2.24, 2.45) is 4.99 Å². The highest BCUT2D eigenvalue weighted by Gasteiger charge is 2.39. The molecule has 2 aliphatic rings. The number of fused-ring (bicyclic) bond motifs is 1. The molecule has 2 unspecified atom stereocenters. The van der Waals surface area contributed by atoms with Gasteiger partial charge in [0.2, 0.25) is 10.0 Å². The van der Waals surface area contributed by atoms with E-state index in [-0.39, 0.29) is 6.42 Å². The Kier molecular flexibility index (Phi) is 8.90. The quantitative estimate of drug-likeness (QED) is 0.255. The third kappa shape index (κ3) is 7.30. The first-order chi connectivity index (χ1) is 20.7. The van der Waals surface area contributed by atoms with Gasteiger partial charge in [-0.05, 0) is 76.1 Å². The van der Waals surface area contributed by atoms with E-state index in [4.69, 9.17) is 16.3 Å². The number of amidine groups is 1. The second-order valence-corrected chi connectivity index (χ2v) is 15.7. The molecular formula is C31H34ClN5O5S2. The molecule has 0 radical (unpaired) electrons. The van der Waals surface area contributed by atoms with E-state index in [9.17, 15) is 23.6 Å². The molecule has 3 aromatic rings. The van der Waals surface area contributed by atoms with E-state index >= 15 is 0 Å². The van der Waals surface area contributed by atoms with Gasteiger partial charge in [-0.1, -0.05) is 29.8 Å². The van der Waals surface area contributed by atoms with E-state index in [0.717, 1.165) is 15.6 Å². The summed E-state index contributed by atoms with van der Waals surface area (Å²) in [5, 5.41) is 23.5. The van der Waals surface area contributed by atoms with Crippen LogP contribution in [0.3, 0.4) is 0 Å². The number of aromatic nitrogens is 1. The van der Waals surface area contributed by atoms with E-state index in [2.05, 4.69) is 20.0 Å². The predicted molar refractivity (Wildman–Crippen MR) is 172 cm³/mol. The van der Waals surface area contributed by atoms with Crippen molar-refractivity contribution in [3.8, 4) is 17.3 Å². The van der Waals surface area contributed by atoms with Crippen LogP contribution in [0.25, 0.3) is 21.3 Å². The highest BCUT2D eigenvalue weighted by atomic mass is 35.5. The van der Waals surface area contributed by atoms with Crippen LogP contribution in [0, 0.1) is 11.3 Å². The fourth-order valence-corrected chi connectivity index (χ4v) is 7.91. The summed E-state index contributed by atoms with van der Waals surface area (Å²) in [5.74, 6) is 0.335. The van der Waals surface area contributed by atoms with E-state index in [1.165, 1.54) is 11.3 Å². The van der Waals surface area contributed by atoms with Crippen LogP contribution >= 0.6 is 22.9 Å². The van der Waals surface area contributed by atoms with Crippen molar-refractivity contribution in [3.05, 3.63) is 63.8 Å². The molecule has 0 bridgehead atoms. The van der Waals surface area contributed by atoms with Crippen molar-refractivity contribution in [1.29, 1.82) is 5.26 Å². The van der Waals surface area contributed by atoms with E-state index in [1.54, 1.807) is 46.0 Å². The number of hydrogen-bond acceptors (Lipinski definition) is 9. The van der Waals surface area contributed by atoms with Gasteiger partial charge in [0.25, 0.3) is 0 Å². The number of benzene rings is 1. The van der Waals surface area contributed by atoms with Crippen LogP contribution in [0.5, 0.6) is 0 Å². The molecule has 2 aromatic heterocycles. The fourth-order valence-electron chi connectivity index (χ4n) is 4.83. The zero-order valence-corrected chi connectivity index (χ0v) is 27.2. The normalized spacial score (nSPS) is 17.9. The number of thiophene rings is 1. The number of aliphatic imine (C=N–C) groups is 1. The molecule has 1 amide bonds. The van der Waals surface area contributed by atoms with Crippen LogP contribution in [0.15, 0.2) is 58.3 Å². The van der Waals surface area contributed by atoms with Gasteiger partial charge in [-0.15, -0.1) is 11.3 Å². The van der Waals surface area contributed by atoms with Gasteiger partial charge < -0.3 is 9.84 Å². The first-order valence-corrected chi connectivity index (χ1v) is 17.0. The number of nitrogens with one attached hydrogen (secondary N) is 2. The molecule has 1 saturated carbocycles. The molecule has 5 rings (SSSR count). The monoisotopic (exact) mass is 655 g/mol. The largest absolute Gasteiger partial charge is 0.444 e. The van der Waals surface area contributed by atoms with Gasteiger partial charge in [-0.2, -0.15) is 5.26 Å². The smallest absolute Gasteiger partial charge is 0.413 e. The molecule has 2 atom stereocenters. The lowest BCUT2D eigenvalue weighted by molar-refractivity contribution is 0.0561. The molecule has 0 saturated heterocycles. The lowest BCUT2D eigenvalue weighted by atomic mass is 9.92. The number of allylic oxidation sites excluding steroid dienone is 1. The number of aliphatic hydroxyl groups is 1. The van der Waals surface area contributed by atoms with Crippen LogP contribution < -0.4 is 10.0 Å². The highest BCUT2D eigenvalue weighted by Crippen LogP contribution is 2.42. The third-order valence-electron chi connectivity index (χ3n) is 7.21. The second kappa shape index (κ2) is 12.2. The zero-order chi connectivity index (χ0) is 31.9. The first kappa shape index (κ1) is 32.1. The zero-order valence-electron chi connectivity index (χ0n) is 24.8. The van der Waals surface area contributed by atoms with E-state index in [0.29, 0.717) is 58.4 Å². The fraction of sp³-hybridized carbons (Fsp3) is 0.419. The maximum atomic E-state index is 13.3. The summed E-state index contributed by atoms with van der Waals surface area (Å²) >= 11 is 8.10. The van der Waals surface area contributed by atoms with Gasteiger partial charge in [0.05, 0.1) is 40.8 Å². The average molecular weight is 656 g/mol. The van der Waals surface area contributed by atoms with Gasteiger partial charge in [0.15, 0.2) is 0 Å². The Bertz CT molecular complexity index is 1810. The maximum absolute atomic E-state index is 13.3. The number of hydrogen-bond donors (Lipinski definition) is 3. The van der Waals surface area contributed by atoms with Gasteiger partial charge in [-0.25, -0.2) is 22.9 Å². The number of ether oxygens (including phenoxy) is 1. The second-order valence-electron chi connectivity index (χ2n) is 12.2. The number of alkyl carbamates (subject to hydrolysis) is 1. The standard InChI is InChI=1S/C31H34ClN5O5S2/c1-30(2,3)42-29(38)36-25-11-10-22(32)26(35-25)27(37-44(40,41)20-8-9-20)24-16-18-6-5-7-21(28(18)43-24)23-17-19(12-15-34-23)31(4,39)13-14-33/h5-7,12,15-17,20,27,37,39H,8-11,13H2,1-4H3,(H,35,36,38). The van der Waals surface area contributed by atoms with Crippen molar-refractivity contribution in [2.45, 2.75) is 82.3 Å². The number of sulfonamides is 1. The minimum atomic E-state index is -3.68. The van der Waals surface area contributed by atoms with E-state index in [1.807, 2.05) is 30.3 Å². The van der Waals surface area contributed by atoms with Crippen LogP contribution in [0.4, 0.5) is 4.79 Å². The summed E-state index contributed by atoms with van der Waals surface area (Å²) < 4.78 is 35.6. The summed E-state index contributed by atoms with van der Waals surface area (Å²) in [6.07, 6.45) is 2.75. The number of carbonyl (C=O) groups excluding carboxylic acids is 1. The topological polar surface area (TPSA) is 154 Å². The molecule has 0 spiro atoms. The van der Waals surface area contributed by atoms with Crippen molar-refractivity contribution >= 4 is 55.0 Å². The Hall–Kier alpha value is -3.34. The maximum Gasteiger partial charge on any atom is 0.413 e. The predicted octanol–water partition coefficient (Wildman–Crippen LogP) is 6.37. The minimum absolute atomic E-state index is 0.0756. The van der Waals surface area contributed by atoms with Crippen molar-refractivity contribution in [2.75, 3.05) is 0 Å². The van der Waals surface area contributed by atoms with Crippen LogP contribution in [0.1, 0.15) is 76.3 Å². The van der Waals surface area contributed by atoms with Crippen LogP contribution in [-0.4, -0.2) is 41.3 Å². The lowest BCUT2D eigenvalue weighted by Gasteiger charge is -2.25. The van der Waals surface area contributed by atoms with E-state index < -0.39 is 38.6 Å². The number of carbonyl (C=O) groups is 1. The summed E-state index contributed by atoms with van der Waals surface area (Å²) in [6.45, 7) is 6.87. The number of halogens is 1. The summed E-state index contributed by atoms with van der Waals surface area (Å²) in [5.41, 5.74) is 0.219. The average Bonchev–Trinajstić information content (AvgIpc) is 3.72. The Morgan fingerprint density at radius 2 is 1.98 bits per heavy atom. The van der Waals surface area contributed by atoms with Gasteiger partial charge >= 0.3 is 6.09 Å². The molecule has 1 aliphatic carbocycles. The van der Waals surface area contributed by atoms with Gasteiger partial charge in [-0.3, -0.25) is 10.3 Å². The Balaban J connectivity index is 1.57. The molecule has 3 N–H and O–H groups in total. The van der Waals surface area contributed by atoms with Crippen LogP contribution in [-0.2, 0) is 20.4 Å². The molecule has 1 fully saturated rings. The summed E-state index contributed by atoms with van der Waals surface area (Å²) in [4.78, 5) is 22.3. The SMILES string of the molecule is CC(C)(C)OC(=O)NC1=NC(C(NS(=O)(=O)C2CC2)c2cc3cccc(-c4cc(C(C)(O)CC#N)ccn4)c3s2)=C(Cl)CC1. The number of rotatable bonds is 8. The Morgan fingerprint density at radius 3 is 2.66 bits per heavy atom. The third-order valence-corrected chi connectivity index (χ3v) is 10.8. The molecule has 3 heterocycles. The van der Waals surface area contributed by atoms with Crippen LogP contribution in [0.2, 0.25) is 0 Å². The molecule has 10 nitrogen and oxygen atoms in total. The van der Waals surface area contributed by atoms with Gasteiger partial charge in [0.1, 0.15) is 11.4 Å². The number of amides is 1. The number of pyridine rings is 1. The van der Waals surface area contributed by atoms with Crippen molar-refractivity contribution in [1.82, 2.24) is 15.0 Å². The Morgan fingerprint density at radius 1 is 1.23 bits per heavy atom. The molecule has 1 aromatic carbocycles. The minimum Gasteiger partial charge on any atom is -0.444 e. The number of nitriles is 1. The molecule has 44 heavy (non-hydrogen) atoms. The van der Waals surface area contributed by atoms with Gasteiger partial charge in [0, 0.05) is 32.8 Å². The highest BCUT2D eigenvalue weighted by molar-refractivity contribution is 7.90. The molecule has 232 valence electrons. The summed E-state index contributed by atoms with van der Waals surface area (Å²) in [7, 11) is -3.68. The summed E-state index contributed by atoms with van der Waals surface area (Å²) in [6, 6.07) is 12.2. The molecular weight excluding hydrogens is 622 g/mol. The number of nitrogens with zero attached hydrogens (tertiary/aromatic N) is 3. The molecule has 1 aliphatic heterocycles. The Labute approximate surface area is 265 Å². The van der Waals surface area contributed by atoms with Crippen molar-refractivity contribution in [3.63, 3.8) is 0 Å². The first-order valence-electron chi connectivity index (χ1n) is 14.2. The van der Waals surface area contributed by atoms with Crippen molar-refractivity contribution < 1.29 is 23.1 Å². The molecule has 13 heteroatoms. The lowest BCUT2D eigenvalue weighted by Crippen LogP contribution is -2.38.